The first-order valence-corrected chi connectivity index (χ1v) is 10.2. The van der Waals surface area contributed by atoms with Crippen LogP contribution in [0.5, 0.6) is 0 Å². The smallest absolute Gasteiger partial charge is 0.269 e. The molecule has 9 nitrogen and oxygen atoms in total. The Hall–Kier alpha value is -3.27. The lowest BCUT2D eigenvalue weighted by molar-refractivity contribution is -0.384. The molecular weight excluding hydrogens is 384 g/mol. The number of nitro benzene ring substituents is 1. The molecule has 10 heteroatoms. The van der Waals surface area contributed by atoms with Gasteiger partial charge in [0, 0.05) is 31.2 Å². The van der Waals surface area contributed by atoms with Crippen molar-refractivity contribution in [2.24, 2.45) is 5.10 Å². The Morgan fingerprint density at radius 3 is 2.61 bits per heavy atom. The zero-order valence-electron chi connectivity index (χ0n) is 15.2. The molecule has 0 aliphatic carbocycles. The molecular formula is C18H18N4O5S. The van der Waals surface area contributed by atoms with Crippen LogP contribution in [0.1, 0.15) is 30.5 Å². The summed E-state index contributed by atoms with van der Waals surface area (Å²) in [5.41, 5.74) is 2.18. The number of anilines is 1. The van der Waals surface area contributed by atoms with Gasteiger partial charge >= 0.3 is 0 Å². The molecule has 146 valence electrons. The molecule has 1 heterocycles. The fourth-order valence-corrected chi connectivity index (χ4v) is 3.61. The van der Waals surface area contributed by atoms with Gasteiger partial charge in [-0.25, -0.2) is 13.4 Å². The molecule has 1 aliphatic heterocycles. The summed E-state index contributed by atoms with van der Waals surface area (Å²) in [6, 6.07) is 12.3. The van der Waals surface area contributed by atoms with Gasteiger partial charge in [0.2, 0.25) is 15.9 Å². The monoisotopic (exact) mass is 402 g/mol. The highest BCUT2D eigenvalue weighted by atomic mass is 32.2. The minimum absolute atomic E-state index is 0.0613. The first kappa shape index (κ1) is 19.5. The molecule has 0 fully saturated rings. The number of carbonyl (C=O) groups excluding carboxylic acids is 1. The number of hydrazone groups is 1. The summed E-state index contributed by atoms with van der Waals surface area (Å²) < 4.78 is 25.3. The van der Waals surface area contributed by atoms with Crippen molar-refractivity contribution < 1.29 is 18.1 Å². The fourth-order valence-electron chi connectivity index (χ4n) is 3.06. The highest BCUT2D eigenvalue weighted by Gasteiger charge is 2.32. The van der Waals surface area contributed by atoms with E-state index in [2.05, 4.69) is 9.82 Å². The molecule has 1 N–H and O–H groups in total. The van der Waals surface area contributed by atoms with E-state index in [1.807, 2.05) is 0 Å². The average molecular weight is 402 g/mol. The molecule has 28 heavy (non-hydrogen) atoms. The average Bonchev–Trinajstić information content (AvgIpc) is 3.06. The number of non-ortho nitro benzene ring substituents is 1. The number of carbonyl (C=O) groups is 1. The van der Waals surface area contributed by atoms with E-state index in [1.54, 1.807) is 36.4 Å². The number of nitrogens with one attached hydrogen (secondary N) is 1. The minimum atomic E-state index is -3.43. The van der Waals surface area contributed by atoms with Crippen molar-refractivity contribution in [3.05, 3.63) is 69.8 Å². The topological polar surface area (TPSA) is 122 Å². The van der Waals surface area contributed by atoms with Crippen LogP contribution in [-0.4, -0.2) is 36.2 Å². The molecule has 1 atom stereocenters. The van der Waals surface area contributed by atoms with Gasteiger partial charge in [0.1, 0.15) is 0 Å². The van der Waals surface area contributed by atoms with E-state index in [4.69, 9.17) is 0 Å². The molecule has 1 amide bonds. The van der Waals surface area contributed by atoms with Gasteiger partial charge in [0.05, 0.1) is 22.9 Å². The van der Waals surface area contributed by atoms with Crippen LogP contribution < -0.4 is 4.72 Å². The number of hydrogen-bond acceptors (Lipinski definition) is 6. The summed E-state index contributed by atoms with van der Waals surface area (Å²) in [6.07, 6.45) is 1.41. The van der Waals surface area contributed by atoms with E-state index in [0.717, 1.165) is 6.26 Å². The van der Waals surface area contributed by atoms with Crippen molar-refractivity contribution in [1.29, 1.82) is 0 Å². The van der Waals surface area contributed by atoms with E-state index in [9.17, 15) is 23.3 Å². The fraction of sp³-hybridized carbons (Fsp3) is 0.222. The van der Waals surface area contributed by atoms with Crippen LogP contribution in [0.4, 0.5) is 11.4 Å². The molecule has 2 aromatic rings. The van der Waals surface area contributed by atoms with Crippen molar-refractivity contribution in [2.45, 2.75) is 19.4 Å². The molecule has 0 saturated heterocycles. The van der Waals surface area contributed by atoms with Crippen LogP contribution in [0.3, 0.4) is 0 Å². The maximum Gasteiger partial charge on any atom is 0.269 e. The van der Waals surface area contributed by atoms with E-state index >= 15 is 0 Å². The quantitative estimate of drug-likeness (QED) is 0.608. The summed E-state index contributed by atoms with van der Waals surface area (Å²) in [7, 11) is -3.43. The molecule has 0 radical (unpaired) electrons. The predicted octanol–water partition coefficient (Wildman–Crippen LogP) is 2.66. The Bertz CT molecular complexity index is 1080. The minimum Gasteiger partial charge on any atom is -0.284 e. The third kappa shape index (κ3) is 4.34. The lowest BCUT2D eigenvalue weighted by Crippen LogP contribution is -2.24. The molecule has 0 aromatic heterocycles. The second-order valence-electron chi connectivity index (χ2n) is 6.44. The second kappa shape index (κ2) is 7.39. The summed E-state index contributed by atoms with van der Waals surface area (Å²) in [6.45, 7) is 1.37. The van der Waals surface area contributed by atoms with Gasteiger partial charge < -0.3 is 0 Å². The van der Waals surface area contributed by atoms with Crippen molar-refractivity contribution >= 4 is 33.0 Å². The van der Waals surface area contributed by atoms with Gasteiger partial charge in [-0.3, -0.25) is 19.6 Å². The van der Waals surface area contributed by atoms with Crippen LogP contribution in [0.2, 0.25) is 0 Å². The Labute approximate surface area is 161 Å². The third-order valence-electron chi connectivity index (χ3n) is 4.20. The molecule has 0 saturated carbocycles. The van der Waals surface area contributed by atoms with E-state index in [0.29, 0.717) is 28.9 Å². The van der Waals surface area contributed by atoms with Crippen LogP contribution in [0.25, 0.3) is 0 Å². The van der Waals surface area contributed by atoms with Crippen molar-refractivity contribution in [2.75, 3.05) is 11.0 Å². The summed E-state index contributed by atoms with van der Waals surface area (Å²) in [4.78, 5) is 22.6. The number of rotatable bonds is 5. The van der Waals surface area contributed by atoms with Crippen LogP contribution in [0.15, 0.2) is 53.6 Å². The van der Waals surface area contributed by atoms with Gasteiger partial charge in [0.15, 0.2) is 0 Å². The number of nitro groups is 1. The van der Waals surface area contributed by atoms with Crippen LogP contribution in [0, 0.1) is 10.1 Å². The van der Waals surface area contributed by atoms with E-state index < -0.39 is 21.0 Å². The first-order valence-electron chi connectivity index (χ1n) is 8.34. The number of sulfonamides is 1. The maximum atomic E-state index is 12.1. The molecule has 0 unspecified atom stereocenters. The lowest BCUT2D eigenvalue weighted by atomic mass is 9.98. The normalized spacial score (nSPS) is 16.6. The molecule has 2 aromatic carbocycles. The molecule has 0 spiro atoms. The number of amides is 1. The second-order valence-corrected chi connectivity index (χ2v) is 8.19. The standard InChI is InChI=1S/C18H18N4O5S/c1-12(23)21-18(14-6-4-8-16(10-14)22(24)25)11-17(19-21)13-5-3-7-15(9-13)20-28(2,26)27/h3-10,18,20H,11H2,1-2H3/t18-/m0/s1. The highest BCUT2D eigenvalue weighted by Crippen LogP contribution is 2.34. The van der Waals surface area contributed by atoms with E-state index in [-0.39, 0.29) is 11.6 Å². The zero-order valence-corrected chi connectivity index (χ0v) is 16.0. The van der Waals surface area contributed by atoms with Crippen LogP contribution >= 0.6 is 0 Å². The van der Waals surface area contributed by atoms with Gasteiger partial charge in [0.25, 0.3) is 5.69 Å². The van der Waals surface area contributed by atoms with E-state index in [1.165, 1.54) is 24.1 Å². The maximum absolute atomic E-state index is 12.1. The summed E-state index contributed by atoms with van der Waals surface area (Å²) in [5, 5.41) is 16.7. The Morgan fingerprint density at radius 1 is 1.25 bits per heavy atom. The zero-order chi connectivity index (χ0) is 20.5. The van der Waals surface area contributed by atoms with Gasteiger partial charge in [-0.15, -0.1) is 0 Å². The third-order valence-corrected chi connectivity index (χ3v) is 4.80. The largest absolute Gasteiger partial charge is 0.284 e. The predicted molar refractivity (Wildman–Crippen MR) is 104 cm³/mol. The first-order chi connectivity index (χ1) is 13.1. The van der Waals surface area contributed by atoms with Crippen molar-refractivity contribution in [3.8, 4) is 0 Å². The van der Waals surface area contributed by atoms with Crippen molar-refractivity contribution in [1.82, 2.24) is 5.01 Å². The highest BCUT2D eigenvalue weighted by molar-refractivity contribution is 7.92. The lowest BCUT2D eigenvalue weighted by Gasteiger charge is -2.20. The summed E-state index contributed by atoms with van der Waals surface area (Å²) in [5.74, 6) is -0.295. The Balaban J connectivity index is 1.94. The van der Waals surface area contributed by atoms with Crippen LogP contribution in [-0.2, 0) is 14.8 Å². The molecule has 1 aliphatic rings. The molecule has 3 rings (SSSR count). The number of nitrogens with zero attached hydrogens (tertiary/aromatic N) is 3. The molecule has 0 bridgehead atoms. The van der Waals surface area contributed by atoms with Gasteiger partial charge in [-0.1, -0.05) is 24.3 Å². The van der Waals surface area contributed by atoms with Gasteiger partial charge in [-0.2, -0.15) is 5.10 Å². The SMILES string of the molecule is CC(=O)N1N=C(c2cccc(NS(C)(=O)=O)c2)C[C@H]1c1cccc([N+](=O)[O-])c1. The van der Waals surface area contributed by atoms with Crippen molar-refractivity contribution in [3.63, 3.8) is 0 Å². The Morgan fingerprint density at radius 2 is 1.96 bits per heavy atom. The number of hydrogen-bond donors (Lipinski definition) is 1. The number of benzene rings is 2. The Kier molecular flexibility index (Phi) is 5.14. The summed E-state index contributed by atoms with van der Waals surface area (Å²) >= 11 is 0. The van der Waals surface area contributed by atoms with Gasteiger partial charge in [-0.05, 0) is 23.3 Å².